The molecule has 0 aliphatic carbocycles. The highest BCUT2D eigenvalue weighted by molar-refractivity contribution is 7.89. The van der Waals surface area contributed by atoms with Gasteiger partial charge in [-0.1, -0.05) is 5.21 Å². The second kappa shape index (κ2) is 5.75. The van der Waals surface area contributed by atoms with E-state index < -0.39 is 16.0 Å². The quantitative estimate of drug-likeness (QED) is 0.549. The van der Waals surface area contributed by atoms with Crippen LogP contribution in [0.15, 0.2) is 17.3 Å². The van der Waals surface area contributed by atoms with Crippen LogP contribution >= 0.6 is 0 Å². The Morgan fingerprint density at radius 1 is 1.50 bits per heavy atom. The third kappa shape index (κ3) is 3.58. The summed E-state index contributed by atoms with van der Waals surface area (Å²) in [7, 11) is -3.76. The van der Waals surface area contributed by atoms with Crippen LogP contribution in [0.5, 0.6) is 0 Å². The Labute approximate surface area is 113 Å². The first kappa shape index (κ1) is 14.1. The first-order chi connectivity index (χ1) is 9.47. The zero-order valence-corrected chi connectivity index (χ0v) is 10.9. The van der Waals surface area contributed by atoms with Crippen LogP contribution in [0.25, 0.3) is 0 Å². The van der Waals surface area contributed by atoms with Gasteiger partial charge in [-0.3, -0.25) is 9.48 Å². The third-order valence-electron chi connectivity index (χ3n) is 2.28. The van der Waals surface area contributed by atoms with E-state index in [4.69, 9.17) is 5.11 Å². The number of nitrogens with zero attached hydrogens (tertiary/aromatic N) is 5. The van der Waals surface area contributed by atoms with E-state index in [1.807, 2.05) is 0 Å². The maximum Gasteiger partial charge on any atom is 0.305 e. The van der Waals surface area contributed by atoms with Crippen LogP contribution in [0.3, 0.4) is 0 Å². The van der Waals surface area contributed by atoms with Crippen molar-refractivity contribution in [1.29, 1.82) is 0 Å². The van der Waals surface area contributed by atoms with E-state index in [-0.39, 0.29) is 30.2 Å². The van der Waals surface area contributed by atoms with Gasteiger partial charge < -0.3 is 5.11 Å². The molecule has 0 aliphatic heterocycles. The third-order valence-corrected chi connectivity index (χ3v) is 3.64. The van der Waals surface area contributed by atoms with E-state index in [0.29, 0.717) is 0 Å². The van der Waals surface area contributed by atoms with Crippen LogP contribution in [0.2, 0.25) is 0 Å². The van der Waals surface area contributed by atoms with Gasteiger partial charge in [-0.05, 0) is 0 Å². The van der Waals surface area contributed by atoms with Crippen LogP contribution in [-0.2, 0) is 27.9 Å². The Bertz CT molecular complexity index is 678. The fraction of sp³-hybridized carbons (Fsp3) is 0.375. The fourth-order valence-electron chi connectivity index (χ4n) is 1.32. The van der Waals surface area contributed by atoms with Crippen LogP contribution in [0.1, 0.15) is 12.2 Å². The minimum Gasteiger partial charge on any atom is -0.481 e. The van der Waals surface area contributed by atoms with Gasteiger partial charge in [-0.25, -0.2) is 13.1 Å². The summed E-state index contributed by atoms with van der Waals surface area (Å²) in [5.74, 6) is -0.785. The number of tetrazole rings is 1. The number of hydrogen-bond donors (Lipinski definition) is 3. The molecule has 11 nitrogen and oxygen atoms in total. The number of sulfonamides is 1. The second-order valence-electron chi connectivity index (χ2n) is 3.74. The summed E-state index contributed by atoms with van der Waals surface area (Å²) in [5.41, 5.74) is 0. The monoisotopic (exact) mass is 301 g/mol. The summed E-state index contributed by atoms with van der Waals surface area (Å²) in [4.78, 5) is 10.4. The van der Waals surface area contributed by atoms with Gasteiger partial charge in [-0.2, -0.15) is 10.3 Å². The zero-order valence-electron chi connectivity index (χ0n) is 10.1. The molecule has 2 rings (SSSR count). The van der Waals surface area contributed by atoms with E-state index >= 15 is 0 Å². The number of hydrogen-bond acceptors (Lipinski definition) is 7. The average Bonchev–Trinajstić information content (AvgIpc) is 3.05. The average molecular weight is 301 g/mol. The number of rotatable bonds is 7. The minimum absolute atomic E-state index is 0.0635. The molecule has 12 heteroatoms. The Morgan fingerprint density at radius 2 is 2.30 bits per heavy atom. The number of aromatic nitrogens is 6. The van der Waals surface area contributed by atoms with E-state index in [0.717, 1.165) is 6.20 Å². The maximum atomic E-state index is 11.9. The lowest BCUT2D eigenvalue weighted by atomic mass is 10.4. The van der Waals surface area contributed by atoms with Crippen molar-refractivity contribution in [3.05, 3.63) is 18.2 Å². The Balaban J connectivity index is 2.00. The summed E-state index contributed by atoms with van der Waals surface area (Å²) in [6.07, 6.45) is 2.25. The Hall–Kier alpha value is -2.34. The highest BCUT2D eigenvalue weighted by atomic mass is 32.2. The molecule has 0 fully saturated rings. The highest BCUT2D eigenvalue weighted by Crippen LogP contribution is 2.07. The van der Waals surface area contributed by atoms with Crippen molar-refractivity contribution in [3.63, 3.8) is 0 Å². The number of carboxylic acids is 1. The predicted octanol–water partition coefficient (Wildman–Crippen LogP) is -1.65. The molecule has 0 aliphatic rings. The Morgan fingerprint density at radius 3 is 2.95 bits per heavy atom. The van der Waals surface area contributed by atoms with Crippen LogP contribution < -0.4 is 4.72 Å². The molecule has 0 aromatic carbocycles. The number of carboxylic acid groups (broad SMARTS) is 1. The van der Waals surface area contributed by atoms with Gasteiger partial charge >= 0.3 is 5.97 Å². The molecule has 0 atom stereocenters. The first-order valence-electron chi connectivity index (χ1n) is 5.43. The standard InChI is InChI=1S/C8H11N7O4S/c16-8(17)1-2-15-5-6(3-9-15)20(18,19)10-4-7-11-13-14-12-7/h3,5,10H,1-2,4H2,(H,16,17)(H,11,12,13,14). The molecule has 3 N–H and O–H groups in total. The van der Waals surface area contributed by atoms with Gasteiger partial charge in [0.25, 0.3) is 0 Å². The van der Waals surface area contributed by atoms with Crippen molar-refractivity contribution in [2.24, 2.45) is 0 Å². The molecule has 20 heavy (non-hydrogen) atoms. The molecule has 0 saturated carbocycles. The highest BCUT2D eigenvalue weighted by Gasteiger charge is 2.17. The molecule has 2 aromatic heterocycles. The van der Waals surface area contributed by atoms with Crippen LogP contribution in [0.4, 0.5) is 0 Å². The topological polar surface area (TPSA) is 156 Å². The zero-order chi connectivity index (χ0) is 14.6. The Kier molecular flexibility index (Phi) is 4.05. The van der Waals surface area contributed by atoms with Crippen molar-refractivity contribution in [2.45, 2.75) is 24.4 Å². The lowest BCUT2D eigenvalue weighted by molar-refractivity contribution is -0.137. The summed E-state index contributed by atoms with van der Waals surface area (Å²) in [5, 5.41) is 25.0. The molecule has 0 unspecified atom stereocenters. The molecule has 0 bridgehead atoms. The number of H-pyrrole nitrogens is 1. The van der Waals surface area contributed by atoms with Crippen molar-refractivity contribution >= 4 is 16.0 Å². The number of carbonyl (C=O) groups is 1. The lowest BCUT2D eigenvalue weighted by Crippen LogP contribution is -2.23. The molecule has 0 spiro atoms. The van der Waals surface area contributed by atoms with Gasteiger partial charge in [0, 0.05) is 6.20 Å². The normalized spacial score (nSPS) is 11.6. The van der Waals surface area contributed by atoms with Gasteiger partial charge in [0.1, 0.15) is 4.90 Å². The summed E-state index contributed by atoms with van der Waals surface area (Å²) >= 11 is 0. The molecule has 2 heterocycles. The van der Waals surface area contributed by atoms with Crippen LogP contribution in [0, 0.1) is 0 Å². The molecule has 108 valence electrons. The van der Waals surface area contributed by atoms with E-state index in [9.17, 15) is 13.2 Å². The lowest BCUT2D eigenvalue weighted by Gasteiger charge is -2.01. The van der Waals surface area contributed by atoms with Crippen LogP contribution in [-0.4, -0.2) is 49.9 Å². The second-order valence-corrected chi connectivity index (χ2v) is 5.50. The van der Waals surface area contributed by atoms with E-state index in [2.05, 4.69) is 30.4 Å². The number of nitrogens with one attached hydrogen (secondary N) is 2. The first-order valence-corrected chi connectivity index (χ1v) is 6.92. The number of aromatic amines is 1. The minimum atomic E-state index is -3.76. The summed E-state index contributed by atoms with van der Waals surface area (Å²) < 4.78 is 27.3. The van der Waals surface area contributed by atoms with Gasteiger partial charge in [0.2, 0.25) is 10.0 Å². The van der Waals surface area contributed by atoms with Crippen molar-refractivity contribution in [3.8, 4) is 0 Å². The fourth-order valence-corrected chi connectivity index (χ4v) is 2.25. The van der Waals surface area contributed by atoms with Crippen molar-refractivity contribution in [1.82, 2.24) is 35.1 Å². The molecular formula is C8H11N7O4S. The van der Waals surface area contributed by atoms with E-state index in [1.54, 1.807) is 0 Å². The molecule has 2 aromatic rings. The maximum absolute atomic E-state index is 11.9. The van der Waals surface area contributed by atoms with Gasteiger partial charge in [-0.15, -0.1) is 10.2 Å². The SMILES string of the molecule is O=C(O)CCn1cc(S(=O)(=O)NCc2nn[nH]n2)cn1. The van der Waals surface area contributed by atoms with E-state index in [1.165, 1.54) is 10.9 Å². The van der Waals surface area contributed by atoms with Gasteiger partial charge in [0.05, 0.1) is 25.7 Å². The summed E-state index contributed by atoms with van der Waals surface area (Å²) in [6, 6.07) is 0. The largest absolute Gasteiger partial charge is 0.481 e. The predicted molar refractivity (Wildman–Crippen MR) is 62.7 cm³/mol. The molecule has 0 saturated heterocycles. The van der Waals surface area contributed by atoms with Gasteiger partial charge in [0.15, 0.2) is 5.82 Å². The molecular weight excluding hydrogens is 290 g/mol. The number of aryl methyl sites for hydroxylation is 1. The summed E-state index contributed by atoms with van der Waals surface area (Å²) in [6.45, 7) is -0.0190. The van der Waals surface area contributed by atoms with Crippen molar-refractivity contribution < 1.29 is 18.3 Å². The molecule has 0 radical (unpaired) electrons. The molecule has 0 amide bonds. The number of aliphatic carboxylic acids is 1. The van der Waals surface area contributed by atoms with Crippen molar-refractivity contribution in [2.75, 3.05) is 0 Å². The smallest absolute Gasteiger partial charge is 0.305 e.